The van der Waals surface area contributed by atoms with E-state index in [2.05, 4.69) is 45.0 Å². The van der Waals surface area contributed by atoms with Gasteiger partial charge in [0.05, 0.1) is 6.61 Å². The molecule has 3 aliphatic heterocycles. The van der Waals surface area contributed by atoms with Gasteiger partial charge in [-0.2, -0.15) is 0 Å². The van der Waals surface area contributed by atoms with Crippen LogP contribution in [0, 0.1) is 5.92 Å². The molecule has 0 N–H and O–H groups in total. The van der Waals surface area contributed by atoms with Crippen molar-refractivity contribution >= 4 is 11.3 Å². The molecule has 1 aromatic heterocycles. The molecule has 0 aliphatic carbocycles. The number of ether oxygens (including phenoxy) is 2. The first-order valence-electron chi connectivity index (χ1n) is 13.2. The molecule has 0 amide bonds. The highest BCUT2D eigenvalue weighted by atomic mass is 32.1. The van der Waals surface area contributed by atoms with Crippen molar-refractivity contribution in [3.8, 4) is 5.75 Å². The largest absolute Gasteiger partial charge is 0.492 e. The normalized spacial score (nSPS) is 22.8. The highest BCUT2D eigenvalue weighted by Crippen LogP contribution is 2.28. The van der Waals surface area contributed by atoms with Crippen LogP contribution in [0.15, 0.2) is 30.3 Å². The summed E-state index contributed by atoms with van der Waals surface area (Å²) < 4.78 is 11.6. The molecule has 0 radical (unpaired) electrons. The van der Waals surface area contributed by atoms with Gasteiger partial charge in [-0.25, -0.2) is 0 Å². The third-order valence-corrected chi connectivity index (χ3v) is 8.58. The van der Waals surface area contributed by atoms with Crippen molar-refractivity contribution in [2.24, 2.45) is 5.92 Å². The van der Waals surface area contributed by atoms with Gasteiger partial charge in [0.2, 0.25) is 0 Å². The van der Waals surface area contributed by atoms with Crippen LogP contribution < -0.4 is 4.74 Å². The van der Waals surface area contributed by atoms with Crippen LogP contribution in [0.3, 0.4) is 0 Å². The first-order valence-corrected chi connectivity index (χ1v) is 14.0. The minimum Gasteiger partial charge on any atom is -0.492 e. The molecule has 0 spiro atoms. The second kappa shape index (κ2) is 12.0. The van der Waals surface area contributed by atoms with Crippen LogP contribution in [-0.2, 0) is 30.9 Å². The zero-order chi connectivity index (χ0) is 23.2. The van der Waals surface area contributed by atoms with Crippen molar-refractivity contribution in [3.05, 3.63) is 51.2 Å². The summed E-state index contributed by atoms with van der Waals surface area (Å²) in [6.45, 7) is 11.6. The van der Waals surface area contributed by atoms with Gasteiger partial charge in [0.15, 0.2) is 0 Å². The number of piperidine rings is 2. The maximum atomic E-state index is 6.14. The van der Waals surface area contributed by atoms with Crippen molar-refractivity contribution in [2.75, 3.05) is 53.0 Å². The van der Waals surface area contributed by atoms with E-state index in [0.29, 0.717) is 5.92 Å². The molecule has 2 aromatic rings. The van der Waals surface area contributed by atoms with E-state index in [1.807, 2.05) is 18.4 Å². The summed E-state index contributed by atoms with van der Waals surface area (Å²) in [7, 11) is 1.82. The lowest BCUT2D eigenvalue weighted by atomic mass is 9.98. The molecule has 1 atom stereocenters. The highest BCUT2D eigenvalue weighted by Gasteiger charge is 2.21. The minimum atomic E-state index is 0.670. The van der Waals surface area contributed by atoms with Gasteiger partial charge in [0.25, 0.3) is 0 Å². The molecular formula is C28H41N3O2S. The zero-order valence-electron chi connectivity index (χ0n) is 20.8. The number of hydrogen-bond acceptors (Lipinski definition) is 6. The first kappa shape index (κ1) is 24.3. The van der Waals surface area contributed by atoms with Crippen molar-refractivity contribution in [3.63, 3.8) is 0 Å². The summed E-state index contributed by atoms with van der Waals surface area (Å²) in [5.41, 5.74) is 2.74. The van der Waals surface area contributed by atoms with Crippen molar-refractivity contribution in [1.82, 2.24) is 14.7 Å². The third kappa shape index (κ3) is 6.61. The smallest absolute Gasteiger partial charge is 0.123 e. The summed E-state index contributed by atoms with van der Waals surface area (Å²) in [4.78, 5) is 10.8. The van der Waals surface area contributed by atoms with Gasteiger partial charge in [-0.05, 0) is 81.1 Å². The predicted molar refractivity (Wildman–Crippen MR) is 139 cm³/mol. The standard InChI is InChI=1S/C28H41N3O2S/c1-32-22-24-6-5-13-30(18-24)17-23-7-10-28-25(16-23)19-31(14-15-33-28)21-27-9-8-26(34-27)20-29-11-3-2-4-12-29/h7-10,16,24H,2-6,11-15,17-22H2,1H3. The van der Waals surface area contributed by atoms with E-state index in [1.54, 1.807) is 0 Å². The Hall–Kier alpha value is -1.44. The van der Waals surface area contributed by atoms with E-state index in [9.17, 15) is 0 Å². The Labute approximate surface area is 209 Å². The lowest BCUT2D eigenvalue weighted by Gasteiger charge is -2.32. The third-order valence-electron chi connectivity index (χ3n) is 7.52. The molecule has 186 valence electrons. The van der Waals surface area contributed by atoms with Gasteiger partial charge >= 0.3 is 0 Å². The van der Waals surface area contributed by atoms with Crippen LogP contribution in [0.4, 0.5) is 0 Å². The van der Waals surface area contributed by atoms with Crippen LogP contribution in [0.1, 0.15) is 53.0 Å². The number of hydrogen-bond donors (Lipinski definition) is 0. The molecule has 5 nitrogen and oxygen atoms in total. The molecule has 6 heteroatoms. The summed E-state index contributed by atoms with van der Waals surface area (Å²) in [5.74, 6) is 1.74. The molecule has 5 rings (SSSR count). The lowest BCUT2D eigenvalue weighted by Crippen LogP contribution is -2.36. The Bertz CT molecular complexity index is 909. The van der Waals surface area contributed by atoms with Crippen LogP contribution in [0.2, 0.25) is 0 Å². The average molecular weight is 484 g/mol. The fraction of sp³-hybridized carbons (Fsp3) is 0.643. The fourth-order valence-electron chi connectivity index (χ4n) is 5.81. The number of methoxy groups -OCH3 is 1. The molecule has 4 heterocycles. The number of fused-ring (bicyclic) bond motifs is 1. The minimum absolute atomic E-state index is 0.670. The van der Waals surface area contributed by atoms with Crippen LogP contribution >= 0.6 is 11.3 Å². The number of nitrogens with zero attached hydrogens (tertiary/aromatic N) is 3. The molecular weight excluding hydrogens is 442 g/mol. The van der Waals surface area contributed by atoms with E-state index in [4.69, 9.17) is 9.47 Å². The number of thiophene rings is 1. The van der Waals surface area contributed by atoms with Gasteiger partial charge < -0.3 is 9.47 Å². The summed E-state index contributed by atoms with van der Waals surface area (Å²) in [5, 5.41) is 0. The Morgan fingerprint density at radius 3 is 2.50 bits per heavy atom. The highest BCUT2D eigenvalue weighted by molar-refractivity contribution is 7.11. The van der Waals surface area contributed by atoms with E-state index in [0.717, 1.165) is 58.2 Å². The van der Waals surface area contributed by atoms with Gasteiger partial charge in [0.1, 0.15) is 12.4 Å². The van der Waals surface area contributed by atoms with E-state index in [1.165, 1.54) is 72.6 Å². The maximum absolute atomic E-state index is 6.14. The van der Waals surface area contributed by atoms with Crippen molar-refractivity contribution in [1.29, 1.82) is 0 Å². The van der Waals surface area contributed by atoms with E-state index in [-0.39, 0.29) is 0 Å². The lowest BCUT2D eigenvalue weighted by molar-refractivity contribution is 0.0873. The molecule has 2 fully saturated rings. The second-order valence-electron chi connectivity index (χ2n) is 10.4. The van der Waals surface area contributed by atoms with Gasteiger partial charge in [-0.3, -0.25) is 14.7 Å². The van der Waals surface area contributed by atoms with Crippen molar-refractivity contribution in [2.45, 2.75) is 58.3 Å². The van der Waals surface area contributed by atoms with Gasteiger partial charge in [0, 0.05) is 61.7 Å². The number of rotatable bonds is 8. The quantitative estimate of drug-likeness (QED) is 0.528. The van der Waals surface area contributed by atoms with E-state index < -0.39 is 0 Å². The van der Waals surface area contributed by atoms with Crippen LogP contribution in [-0.4, -0.2) is 67.7 Å². The fourth-order valence-corrected chi connectivity index (χ4v) is 6.91. The summed E-state index contributed by atoms with van der Waals surface area (Å²) >= 11 is 2.00. The Morgan fingerprint density at radius 1 is 0.882 bits per heavy atom. The zero-order valence-corrected chi connectivity index (χ0v) is 21.7. The SMILES string of the molecule is COCC1CCCN(Cc2ccc3c(c2)CN(Cc2ccc(CN4CCCCC4)s2)CCO3)C1. The number of benzene rings is 1. The molecule has 1 aromatic carbocycles. The topological polar surface area (TPSA) is 28.2 Å². The second-order valence-corrected chi connectivity index (χ2v) is 11.7. The monoisotopic (exact) mass is 483 g/mol. The average Bonchev–Trinajstić information content (AvgIpc) is 3.17. The number of likely N-dealkylation sites (tertiary alicyclic amines) is 2. The van der Waals surface area contributed by atoms with Crippen LogP contribution in [0.5, 0.6) is 5.75 Å². The Kier molecular flexibility index (Phi) is 8.56. The predicted octanol–water partition coefficient (Wildman–Crippen LogP) is 4.99. The Balaban J connectivity index is 1.18. The van der Waals surface area contributed by atoms with E-state index >= 15 is 0 Å². The molecule has 3 aliphatic rings. The van der Waals surface area contributed by atoms with Crippen molar-refractivity contribution < 1.29 is 9.47 Å². The maximum Gasteiger partial charge on any atom is 0.123 e. The molecule has 0 bridgehead atoms. The molecule has 34 heavy (non-hydrogen) atoms. The summed E-state index contributed by atoms with van der Waals surface area (Å²) in [6, 6.07) is 11.6. The molecule has 1 unspecified atom stereocenters. The first-order chi connectivity index (χ1) is 16.7. The van der Waals surface area contributed by atoms with Gasteiger partial charge in [-0.15, -0.1) is 11.3 Å². The molecule has 2 saturated heterocycles. The van der Waals surface area contributed by atoms with Gasteiger partial charge in [-0.1, -0.05) is 12.5 Å². The molecule has 0 saturated carbocycles. The van der Waals surface area contributed by atoms with Crippen LogP contribution in [0.25, 0.3) is 0 Å². The summed E-state index contributed by atoms with van der Waals surface area (Å²) in [6.07, 6.45) is 6.69. The Morgan fingerprint density at radius 2 is 1.68 bits per heavy atom.